The molecule has 0 aliphatic heterocycles. The van der Waals surface area contributed by atoms with E-state index in [0.717, 1.165) is 34.4 Å². The van der Waals surface area contributed by atoms with Crippen LogP contribution in [0.15, 0.2) is 65.8 Å². The Morgan fingerprint density at radius 3 is 2.27 bits per heavy atom. The molecular formula is C23H19BF3N4O2-. The molecule has 6 nitrogen and oxygen atoms in total. The number of hydrogen-bond acceptors (Lipinski definition) is 3. The lowest BCUT2D eigenvalue weighted by Gasteiger charge is -2.19. The molecule has 1 N–H and O–H groups in total. The third kappa shape index (κ3) is 4.51. The number of hydrogen-bond donors (Lipinski definition) is 1. The molecule has 0 atom stereocenters. The summed E-state index contributed by atoms with van der Waals surface area (Å²) in [7, 11) is 0. The normalized spacial score (nSPS) is 12.5. The zero-order valence-electron chi connectivity index (χ0n) is 17.6. The van der Waals surface area contributed by atoms with E-state index in [-0.39, 0.29) is 30.3 Å². The molecule has 10 heteroatoms. The Bertz CT molecular complexity index is 1230. The van der Waals surface area contributed by atoms with Crippen LogP contribution in [0.2, 0.25) is 0 Å². The molecule has 4 rings (SSSR count). The Balaban J connectivity index is 1.47. The largest absolute Gasteiger partial charge is 0.509 e. The van der Waals surface area contributed by atoms with E-state index >= 15 is 0 Å². The second-order valence-corrected chi connectivity index (χ2v) is 7.77. The number of azide groups is 1. The van der Waals surface area contributed by atoms with Gasteiger partial charge in [0, 0.05) is 23.1 Å². The lowest BCUT2D eigenvalue weighted by Crippen LogP contribution is -2.35. The van der Waals surface area contributed by atoms with E-state index in [1.807, 2.05) is 48.5 Å². The number of ether oxygens (including phenoxy) is 1. The van der Waals surface area contributed by atoms with Crippen LogP contribution in [0.25, 0.3) is 21.6 Å². The highest BCUT2D eigenvalue weighted by atomic mass is 19.4. The van der Waals surface area contributed by atoms with Crippen LogP contribution in [0.3, 0.4) is 0 Å². The molecular weight excluding hydrogens is 432 g/mol. The smallest absolute Gasteiger partial charge is 0.449 e. The van der Waals surface area contributed by atoms with E-state index in [0.29, 0.717) is 5.56 Å². The first-order chi connectivity index (χ1) is 15.8. The lowest BCUT2D eigenvalue weighted by atomic mass is 9.78. The minimum Gasteiger partial charge on any atom is -0.449 e. The van der Waals surface area contributed by atoms with Crippen molar-refractivity contribution in [2.45, 2.75) is 19.4 Å². The highest BCUT2D eigenvalue weighted by Crippen LogP contribution is 2.44. The number of alkyl carbamates (subject to hydrolysis) is 1. The average molecular weight is 451 g/mol. The molecule has 1 aliphatic carbocycles. The van der Waals surface area contributed by atoms with E-state index in [9.17, 15) is 17.7 Å². The van der Waals surface area contributed by atoms with Crippen LogP contribution in [-0.2, 0) is 11.3 Å². The van der Waals surface area contributed by atoms with E-state index in [1.165, 1.54) is 6.92 Å². The first-order valence-electron chi connectivity index (χ1n) is 10.3. The second-order valence-electron chi connectivity index (χ2n) is 7.77. The highest BCUT2D eigenvalue weighted by molar-refractivity contribution is 6.73. The summed E-state index contributed by atoms with van der Waals surface area (Å²) in [5.41, 5.74) is 12.5. The van der Waals surface area contributed by atoms with Gasteiger partial charge >= 0.3 is 13.1 Å². The zero-order valence-corrected chi connectivity index (χ0v) is 17.6. The quantitative estimate of drug-likeness (QED) is 0.215. The molecule has 0 bridgehead atoms. The third-order valence-corrected chi connectivity index (χ3v) is 5.81. The standard InChI is InChI=1S/C23H19BF3N4O2/c1-14-15(10-16(24(25,26)27)11-22(14)30-31-28)12-29-23(32)33-13-21-19-8-4-2-6-17(19)18-7-3-5-9-20(18)21/h2-11,21H,12-13H2,1H3,(H,29,32)/q-1. The van der Waals surface area contributed by atoms with Crippen LogP contribution in [-0.4, -0.2) is 19.7 Å². The summed E-state index contributed by atoms with van der Waals surface area (Å²) < 4.78 is 45.2. The van der Waals surface area contributed by atoms with E-state index < -0.39 is 18.5 Å². The number of carbonyl (C=O) groups is 1. The van der Waals surface area contributed by atoms with Gasteiger partial charge in [0.25, 0.3) is 0 Å². The van der Waals surface area contributed by atoms with Crippen LogP contribution >= 0.6 is 0 Å². The average Bonchev–Trinajstić information content (AvgIpc) is 3.11. The number of rotatable bonds is 6. The summed E-state index contributed by atoms with van der Waals surface area (Å²) in [4.78, 5) is 15.0. The van der Waals surface area contributed by atoms with Crippen molar-refractivity contribution in [2.75, 3.05) is 6.61 Å². The minimum atomic E-state index is -5.30. The van der Waals surface area contributed by atoms with Crippen molar-refractivity contribution in [2.24, 2.45) is 5.11 Å². The van der Waals surface area contributed by atoms with Crippen molar-refractivity contribution in [3.8, 4) is 11.1 Å². The van der Waals surface area contributed by atoms with Crippen molar-refractivity contribution < 1.29 is 22.5 Å². The molecule has 168 valence electrons. The minimum absolute atomic E-state index is 0.0918. The molecule has 0 heterocycles. The molecule has 0 radical (unpaired) electrons. The molecule has 0 aromatic heterocycles. The topological polar surface area (TPSA) is 87.1 Å². The predicted molar refractivity (Wildman–Crippen MR) is 121 cm³/mol. The van der Waals surface area contributed by atoms with Crippen molar-refractivity contribution >= 4 is 24.2 Å². The number of halogens is 3. The van der Waals surface area contributed by atoms with Gasteiger partial charge < -0.3 is 23.0 Å². The number of nitrogens with one attached hydrogen (secondary N) is 1. The van der Waals surface area contributed by atoms with E-state index in [2.05, 4.69) is 15.3 Å². The molecule has 0 saturated carbocycles. The maximum atomic E-state index is 13.3. The molecule has 33 heavy (non-hydrogen) atoms. The molecule has 0 spiro atoms. The Morgan fingerprint density at radius 1 is 1.09 bits per heavy atom. The number of carbonyl (C=O) groups excluding carboxylic acids is 1. The molecule has 1 aliphatic rings. The van der Waals surface area contributed by atoms with Crippen molar-refractivity contribution in [1.82, 2.24) is 5.32 Å². The highest BCUT2D eigenvalue weighted by Gasteiger charge is 2.29. The Morgan fingerprint density at radius 2 is 1.70 bits per heavy atom. The van der Waals surface area contributed by atoms with Crippen molar-refractivity contribution in [3.63, 3.8) is 0 Å². The maximum absolute atomic E-state index is 13.3. The number of benzene rings is 3. The Kier molecular flexibility index (Phi) is 6.02. The summed E-state index contributed by atoms with van der Waals surface area (Å²) in [5, 5.41) is 5.85. The number of nitrogens with zero attached hydrogens (tertiary/aromatic N) is 3. The Hall–Kier alpha value is -3.91. The fourth-order valence-electron chi connectivity index (χ4n) is 4.12. The number of fused-ring (bicyclic) bond motifs is 3. The fraction of sp³-hybridized carbons (Fsp3) is 0.174. The van der Waals surface area contributed by atoms with Gasteiger partial charge in [0.05, 0.1) is 0 Å². The SMILES string of the molecule is Cc1c(CNC(=O)OCC2c3ccccc3-c3ccccc32)cc([B-](F)(F)F)cc1N=[N+]=[N-]. The monoisotopic (exact) mass is 451 g/mol. The molecule has 0 fully saturated rings. The van der Waals surface area contributed by atoms with Crippen molar-refractivity contribution in [1.29, 1.82) is 0 Å². The molecule has 1 amide bonds. The van der Waals surface area contributed by atoms with Gasteiger partial charge in [0.2, 0.25) is 0 Å². The van der Waals surface area contributed by atoms with Gasteiger partial charge in [-0.15, -0.1) is 5.46 Å². The molecule has 3 aromatic carbocycles. The van der Waals surface area contributed by atoms with Gasteiger partial charge in [-0.25, -0.2) is 4.79 Å². The van der Waals surface area contributed by atoms with Gasteiger partial charge in [-0.2, -0.15) is 0 Å². The van der Waals surface area contributed by atoms with Crippen LogP contribution in [0.5, 0.6) is 0 Å². The number of amides is 1. The van der Waals surface area contributed by atoms with Gasteiger partial charge in [-0.3, -0.25) is 0 Å². The van der Waals surface area contributed by atoms with Crippen LogP contribution in [0.1, 0.15) is 28.2 Å². The van der Waals surface area contributed by atoms with Gasteiger partial charge in [0.1, 0.15) is 6.61 Å². The first kappa shape index (κ1) is 22.3. The fourth-order valence-corrected chi connectivity index (χ4v) is 4.12. The van der Waals surface area contributed by atoms with E-state index in [1.54, 1.807) is 0 Å². The van der Waals surface area contributed by atoms with E-state index in [4.69, 9.17) is 10.3 Å². The summed E-state index contributed by atoms with van der Waals surface area (Å²) in [6.45, 7) is -3.87. The van der Waals surface area contributed by atoms with Gasteiger partial charge in [-0.05, 0) is 45.8 Å². The van der Waals surface area contributed by atoms with Crippen molar-refractivity contribution in [3.05, 3.63) is 93.4 Å². The van der Waals surface area contributed by atoms with Crippen LogP contribution in [0.4, 0.5) is 23.4 Å². The summed E-state index contributed by atoms with van der Waals surface area (Å²) >= 11 is 0. The first-order valence-corrected chi connectivity index (χ1v) is 10.3. The summed E-state index contributed by atoms with van der Waals surface area (Å²) in [5.74, 6) is -0.127. The third-order valence-electron chi connectivity index (χ3n) is 5.81. The summed E-state index contributed by atoms with van der Waals surface area (Å²) in [6.07, 6.45) is -0.746. The van der Waals surface area contributed by atoms with Crippen LogP contribution < -0.4 is 10.8 Å². The van der Waals surface area contributed by atoms with Crippen LogP contribution in [0, 0.1) is 6.92 Å². The molecule has 3 aromatic rings. The second kappa shape index (κ2) is 8.92. The van der Waals surface area contributed by atoms with Gasteiger partial charge in [-0.1, -0.05) is 65.8 Å². The summed E-state index contributed by atoms with van der Waals surface area (Å²) in [6, 6.07) is 17.6. The molecule has 0 saturated heterocycles. The van der Waals surface area contributed by atoms with Gasteiger partial charge in [0.15, 0.2) is 0 Å². The predicted octanol–water partition coefficient (Wildman–Crippen LogP) is 6.03. The maximum Gasteiger partial charge on any atom is 0.509 e. The zero-order chi connectivity index (χ0) is 23.6. The lowest BCUT2D eigenvalue weighted by molar-refractivity contribution is 0.142. The molecule has 0 unspecified atom stereocenters. The Labute approximate surface area is 188 Å².